The average Bonchev–Trinajstić information content (AvgIpc) is 2.57. The maximum atomic E-state index is 12.1. The molecule has 0 saturated carbocycles. The Morgan fingerprint density at radius 1 is 1.08 bits per heavy atom. The minimum absolute atomic E-state index is 0.135. The van der Waals surface area contributed by atoms with Crippen molar-refractivity contribution in [3.05, 3.63) is 69.7 Å². The van der Waals surface area contributed by atoms with Crippen LogP contribution in [0.2, 0.25) is 10.0 Å². The fourth-order valence-electron chi connectivity index (χ4n) is 2.40. The van der Waals surface area contributed by atoms with Crippen LogP contribution in [0.3, 0.4) is 0 Å². The van der Waals surface area contributed by atoms with E-state index < -0.39 is 0 Å². The van der Waals surface area contributed by atoms with Gasteiger partial charge >= 0.3 is 0 Å². The van der Waals surface area contributed by atoms with E-state index in [9.17, 15) is 4.79 Å². The molecule has 1 N–H and O–H groups in total. The summed E-state index contributed by atoms with van der Waals surface area (Å²) in [5.41, 5.74) is 2.19. The summed E-state index contributed by atoms with van der Waals surface area (Å²) in [5, 5.41) is 4.61. The maximum Gasteiger partial charge on any atom is 0.223 e. The van der Waals surface area contributed by atoms with Gasteiger partial charge in [-0.15, -0.1) is 0 Å². The lowest BCUT2D eigenvalue weighted by Gasteiger charge is -2.17. The number of rotatable bonds is 8. The van der Waals surface area contributed by atoms with Crippen molar-refractivity contribution >= 4 is 29.1 Å². The minimum Gasteiger partial charge on any atom is -0.341 e. The average molecular weight is 365 g/mol. The third kappa shape index (κ3) is 6.16. The molecule has 2 aromatic rings. The predicted molar refractivity (Wildman–Crippen MR) is 101 cm³/mol. The van der Waals surface area contributed by atoms with E-state index >= 15 is 0 Å². The number of nitrogens with one attached hydrogen (secondary N) is 1. The van der Waals surface area contributed by atoms with Crippen LogP contribution in [-0.2, 0) is 17.8 Å². The van der Waals surface area contributed by atoms with Crippen LogP contribution in [0, 0.1) is 0 Å². The van der Waals surface area contributed by atoms with Crippen molar-refractivity contribution in [1.82, 2.24) is 10.2 Å². The first-order chi connectivity index (χ1) is 11.6. The lowest BCUT2D eigenvalue weighted by Crippen LogP contribution is -2.30. The number of carbonyl (C=O) groups is 1. The molecule has 0 heterocycles. The van der Waals surface area contributed by atoms with Crippen LogP contribution in [0.15, 0.2) is 48.5 Å². The summed E-state index contributed by atoms with van der Waals surface area (Å²) in [5.74, 6) is 0.135. The van der Waals surface area contributed by atoms with Gasteiger partial charge in [-0.05, 0) is 36.2 Å². The Hall–Kier alpha value is -1.55. The van der Waals surface area contributed by atoms with Gasteiger partial charge in [0, 0.05) is 36.6 Å². The van der Waals surface area contributed by atoms with Crippen molar-refractivity contribution in [2.75, 3.05) is 20.1 Å². The van der Waals surface area contributed by atoms with Crippen LogP contribution in [0.4, 0.5) is 0 Å². The third-order valence-electron chi connectivity index (χ3n) is 3.79. The van der Waals surface area contributed by atoms with E-state index in [1.807, 2.05) is 49.5 Å². The molecule has 0 bridgehead atoms. The van der Waals surface area contributed by atoms with E-state index in [0.29, 0.717) is 29.6 Å². The molecule has 0 fully saturated rings. The number of amides is 1. The van der Waals surface area contributed by atoms with Gasteiger partial charge in [0.15, 0.2) is 0 Å². The lowest BCUT2D eigenvalue weighted by molar-refractivity contribution is -0.130. The highest BCUT2D eigenvalue weighted by atomic mass is 35.5. The molecule has 5 heteroatoms. The molecule has 1 amide bonds. The maximum absolute atomic E-state index is 12.1. The van der Waals surface area contributed by atoms with Crippen molar-refractivity contribution in [2.24, 2.45) is 0 Å². The second-order valence-corrected chi connectivity index (χ2v) is 6.56. The molecule has 0 aliphatic carbocycles. The Morgan fingerprint density at radius 3 is 2.54 bits per heavy atom. The Morgan fingerprint density at radius 2 is 1.83 bits per heavy atom. The summed E-state index contributed by atoms with van der Waals surface area (Å²) in [6.07, 6.45) is 1.29. The standard InChI is InChI=1S/C19H22Cl2N2O/c1-23(14-15-5-3-2-4-6-15)19(24)10-12-22-11-9-16-7-8-17(20)13-18(16)21/h2-8,13,22H,9-12,14H2,1H3. The van der Waals surface area contributed by atoms with Crippen molar-refractivity contribution in [3.63, 3.8) is 0 Å². The summed E-state index contributed by atoms with van der Waals surface area (Å²) in [6, 6.07) is 15.5. The van der Waals surface area contributed by atoms with E-state index in [1.165, 1.54) is 0 Å². The van der Waals surface area contributed by atoms with Crippen LogP contribution in [0.1, 0.15) is 17.5 Å². The molecule has 0 aromatic heterocycles. The Balaban J connectivity index is 1.65. The molecule has 0 aliphatic heterocycles. The van der Waals surface area contributed by atoms with Crippen molar-refractivity contribution in [1.29, 1.82) is 0 Å². The molecule has 3 nitrogen and oxygen atoms in total. The summed E-state index contributed by atoms with van der Waals surface area (Å²) in [4.78, 5) is 13.9. The molecule has 2 rings (SSSR count). The van der Waals surface area contributed by atoms with E-state index in [4.69, 9.17) is 23.2 Å². The van der Waals surface area contributed by atoms with Crippen LogP contribution in [0.5, 0.6) is 0 Å². The fourth-order valence-corrected chi connectivity index (χ4v) is 2.91. The second kappa shape index (κ2) is 9.67. The van der Waals surface area contributed by atoms with Gasteiger partial charge in [0.1, 0.15) is 0 Å². The Kier molecular flexibility index (Phi) is 7.57. The first-order valence-electron chi connectivity index (χ1n) is 7.99. The van der Waals surface area contributed by atoms with Gasteiger partial charge in [-0.1, -0.05) is 59.6 Å². The Labute approximate surface area is 153 Å². The molecule has 128 valence electrons. The molecule has 0 radical (unpaired) electrons. The first-order valence-corrected chi connectivity index (χ1v) is 8.74. The highest BCUT2D eigenvalue weighted by Crippen LogP contribution is 2.21. The summed E-state index contributed by atoms with van der Waals surface area (Å²) >= 11 is 12.0. The van der Waals surface area contributed by atoms with E-state index in [0.717, 1.165) is 24.1 Å². The van der Waals surface area contributed by atoms with Crippen molar-refractivity contribution < 1.29 is 4.79 Å². The monoisotopic (exact) mass is 364 g/mol. The Bertz CT molecular complexity index is 662. The fraction of sp³-hybridized carbons (Fsp3) is 0.316. The number of hydrogen-bond acceptors (Lipinski definition) is 2. The SMILES string of the molecule is CN(Cc1ccccc1)C(=O)CCNCCc1ccc(Cl)cc1Cl. The molecule has 0 aliphatic rings. The molecule has 0 unspecified atom stereocenters. The zero-order valence-corrected chi connectivity index (χ0v) is 15.3. The number of hydrogen-bond donors (Lipinski definition) is 1. The molecule has 0 atom stereocenters. The normalized spacial score (nSPS) is 10.6. The molecular formula is C19H22Cl2N2O. The number of nitrogens with zero attached hydrogens (tertiary/aromatic N) is 1. The van der Waals surface area contributed by atoms with Gasteiger partial charge in [0.2, 0.25) is 5.91 Å². The van der Waals surface area contributed by atoms with Crippen LogP contribution < -0.4 is 5.32 Å². The summed E-state index contributed by atoms with van der Waals surface area (Å²) in [6.45, 7) is 2.07. The zero-order chi connectivity index (χ0) is 17.4. The van der Waals surface area contributed by atoms with Gasteiger partial charge in [0.25, 0.3) is 0 Å². The first kappa shape index (κ1) is 18.8. The zero-order valence-electron chi connectivity index (χ0n) is 13.8. The molecule has 0 saturated heterocycles. The predicted octanol–water partition coefficient (Wildman–Crippen LogP) is 4.17. The topological polar surface area (TPSA) is 32.3 Å². The number of benzene rings is 2. The third-order valence-corrected chi connectivity index (χ3v) is 4.38. The van der Waals surface area contributed by atoms with Crippen molar-refractivity contribution in [3.8, 4) is 0 Å². The van der Waals surface area contributed by atoms with Gasteiger partial charge in [-0.2, -0.15) is 0 Å². The number of carbonyl (C=O) groups excluding carboxylic acids is 1. The van der Waals surface area contributed by atoms with Gasteiger partial charge < -0.3 is 10.2 Å². The van der Waals surface area contributed by atoms with Crippen LogP contribution in [-0.4, -0.2) is 30.9 Å². The smallest absolute Gasteiger partial charge is 0.223 e. The summed E-state index contributed by atoms with van der Waals surface area (Å²) in [7, 11) is 1.84. The van der Waals surface area contributed by atoms with Gasteiger partial charge in [0.05, 0.1) is 0 Å². The van der Waals surface area contributed by atoms with E-state index in [2.05, 4.69) is 5.32 Å². The summed E-state index contributed by atoms with van der Waals surface area (Å²) < 4.78 is 0. The highest BCUT2D eigenvalue weighted by Gasteiger charge is 2.08. The van der Waals surface area contributed by atoms with Crippen LogP contribution in [0.25, 0.3) is 0 Å². The van der Waals surface area contributed by atoms with E-state index in [1.54, 1.807) is 11.0 Å². The molecule has 24 heavy (non-hydrogen) atoms. The molecular weight excluding hydrogens is 343 g/mol. The lowest BCUT2D eigenvalue weighted by atomic mass is 10.1. The van der Waals surface area contributed by atoms with Gasteiger partial charge in [-0.25, -0.2) is 0 Å². The molecule has 2 aromatic carbocycles. The highest BCUT2D eigenvalue weighted by molar-refractivity contribution is 6.35. The molecule has 0 spiro atoms. The minimum atomic E-state index is 0.135. The quantitative estimate of drug-likeness (QED) is 0.712. The number of halogens is 2. The van der Waals surface area contributed by atoms with Crippen molar-refractivity contribution in [2.45, 2.75) is 19.4 Å². The van der Waals surface area contributed by atoms with Gasteiger partial charge in [-0.3, -0.25) is 4.79 Å². The van der Waals surface area contributed by atoms with Crippen LogP contribution >= 0.6 is 23.2 Å². The largest absolute Gasteiger partial charge is 0.341 e. The second-order valence-electron chi connectivity index (χ2n) is 5.72. The van der Waals surface area contributed by atoms with E-state index in [-0.39, 0.29) is 5.91 Å².